The standard InChI is InChI=1S/C21H18N4O3/c1-14-10-22-8-6-16(14)11-24-21(26)19-12-28-20(25-19)13-27-17-4-5-18-15(9-17)3-2-7-23-18/h2-10,12H,11,13H2,1H3,(H,24,26). The van der Waals surface area contributed by atoms with Crippen LogP contribution in [-0.2, 0) is 13.2 Å². The van der Waals surface area contributed by atoms with E-state index in [1.54, 1.807) is 18.6 Å². The van der Waals surface area contributed by atoms with Crippen molar-refractivity contribution in [2.45, 2.75) is 20.1 Å². The summed E-state index contributed by atoms with van der Waals surface area (Å²) < 4.78 is 11.1. The fraction of sp³-hybridized carbons (Fsp3) is 0.143. The molecule has 0 saturated carbocycles. The van der Waals surface area contributed by atoms with Crippen molar-refractivity contribution in [2.75, 3.05) is 0 Å². The Morgan fingerprint density at radius 1 is 1.21 bits per heavy atom. The number of nitrogens with zero attached hydrogens (tertiary/aromatic N) is 3. The molecule has 0 aliphatic rings. The third-order valence-corrected chi connectivity index (χ3v) is 4.30. The Hall–Kier alpha value is -3.74. The average molecular weight is 374 g/mol. The number of fused-ring (bicyclic) bond motifs is 1. The van der Waals surface area contributed by atoms with Gasteiger partial charge in [-0.05, 0) is 48.4 Å². The molecule has 140 valence electrons. The van der Waals surface area contributed by atoms with Crippen LogP contribution in [0, 0.1) is 6.92 Å². The predicted octanol–water partition coefficient (Wildman–Crippen LogP) is 3.44. The second-order valence-electron chi connectivity index (χ2n) is 6.26. The van der Waals surface area contributed by atoms with Gasteiger partial charge in [-0.15, -0.1) is 0 Å². The topological polar surface area (TPSA) is 90.1 Å². The van der Waals surface area contributed by atoms with Crippen LogP contribution in [-0.4, -0.2) is 20.9 Å². The molecule has 0 radical (unpaired) electrons. The van der Waals surface area contributed by atoms with E-state index in [1.165, 1.54) is 6.26 Å². The number of oxazole rings is 1. The van der Waals surface area contributed by atoms with E-state index in [1.807, 2.05) is 43.3 Å². The van der Waals surface area contributed by atoms with Crippen molar-refractivity contribution in [3.63, 3.8) is 0 Å². The summed E-state index contributed by atoms with van der Waals surface area (Å²) in [6.07, 6.45) is 6.54. The lowest BCUT2D eigenvalue weighted by molar-refractivity contribution is 0.0945. The summed E-state index contributed by atoms with van der Waals surface area (Å²) in [4.78, 5) is 24.8. The SMILES string of the molecule is Cc1cnccc1CNC(=O)c1coc(COc2ccc3ncccc3c2)n1. The lowest BCUT2D eigenvalue weighted by Gasteiger charge is -2.05. The normalized spacial score (nSPS) is 10.8. The number of ether oxygens (including phenoxy) is 1. The maximum absolute atomic E-state index is 12.3. The zero-order valence-electron chi connectivity index (χ0n) is 15.3. The highest BCUT2D eigenvalue weighted by Crippen LogP contribution is 2.20. The molecule has 7 nitrogen and oxygen atoms in total. The van der Waals surface area contributed by atoms with Gasteiger partial charge in [-0.1, -0.05) is 6.07 Å². The largest absolute Gasteiger partial charge is 0.484 e. The number of aromatic nitrogens is 3. The van der Waals surface area contributed by atoms with Crippen LogP contribution in [0.25, 0.3) is 10.9 Å². The number of rotatable bonds is 6. The predicted molar refractivity (Wildman–Crippen MR) is 103 cm³/mol. The first-order chi connectivity index (χ1) is 13.7. The monoisotopic (exact) mass is 374 g/mol. The van der Waals surface area contributed by atoms with Crippen molar-refractivity contribution in [1.82, 2.24) is 20.3 Å². The number of carbonyl (C=O) groups is 1. The van der Waals surface area contributed by atoms with Gasteiger partial charge in [0.1, 0.15) is 12.0 Å². The fourth-order valence-corrected chi connectivity index (χ4v) is 2.74. The molecule has 0 atom stereocenters. The Labute approximate surface area is 161 Å². The Bertz CT molecular complexity index is 1120. The van der Waals surface area contributed by atoms with Crippen LogP contribution in [0.4, 0.5) is 0 Å². The van der Waals surface area contributed by atoms with Crippen LogP contribution < -0.4 is 10.1 Å². The van der Waals surface area contributed by atoms with Gasteiger partial charge in [0.05, 0.1) is 5.52 Å². The zero-order chi connectivity index (χ0) is 19.3. The fourth-order valence-electron chi connectivity index (χ4n) is 2.74. The molecule has 0 unspecified atom stereocenters. The van der Waals surface area contributed by atoms with E-state index in [2.05, 4.69) is 20.3 Å². The molecule has 7 heteroatoms. The summed E-state index contributed by atoms with van der Waals surface area (Å²) in [7, 11) is 0. The third-order valence-electron chi connectivity index (χ3n) is 4.30. The Balaban J connectivity index is 1.35. The molecule has 0 fully saturated rings. The van der Waals surface area contributed by atoms with Crippen LogP contribution in [0.2, 0.25) is 0 Å². The van der Waals surface area contributed by atoms with Crippen LogP contribution in [0.15, 0.2) is 65.7 Å². The number of amides is 1. The van der Waals surface area contributed by atoms with E-state index in [0.29, 0.717) is 18.2 Å². The van der Waals surface area contributed by atoms with E-state index < -0.39 is 0 Å². The number of benzene rings is 1. The van der Waals surface area contributed by atoms with Crippen LogP contribution in [0.1, 0.15) is 27.5 Å². The smallest absolute Gasteiger partial charge is 0.273 e. The third kappa shape index (κ3) is 3.98. The van der Waals surface area contributed by atoms with Crippen molar-refractivity contribution in [2.24, 2.45) is 0 Å². The number of nitrogens with one attached hydrogen (secondary N) is 1. The molecule has 4 aromatic rings. The highest BCUT2D eigenvalue weighted by molar-refractivity contribution is 5.91. The highest BCUT2D eigenvalue weighted by atomic mass is 16.5. The Morgan fingerprint density at radius 2 is 2.14 bits per heavy atom. The second-order valence-corrected chi connectivity index (χ2v) is 6.26. The minimum Gasteiger partial charge on any atom is -0.484 e. The highest BCUT2D eigenvalue weighted by Gasteiger charge is 2.13. The van der Waals surface area contributed by atoms with Crippen molar-refractivity contribution >= 4 is 16.8 Å². The molecular weight excluding hydrogens is 356 g/mol. The lowest BCUT2D eigenvalue weighted by atomic mass is 10.1. The van der Waals surface area contributed by atoms with Gasteiger partial charge in [-0.3, -0.25) is 14.8 Å². The zero-order valence-corrected chi connectivity index (χ0v) is 15.3. The first-order valence-electron chi connectivity index (χ1n) is 8.79. The van der Waals surface area contributed by atoms with Crippen molar-refractivity contribution < 1.29 is 13.9 Å². The maximum atomic E-state index is 12.3. The average Bonchev–Trinajstić information content (AvgIpc) is 3.20. The number of aryl methyl sites for hydroxylation is 1. The molecule has 4 rings (SSSR count). The molecule has 28 heavy (non-hydrogen) atoms. The molecule has 0 aliphatic carbocycles. The van der Waals surface area contributed by atoms with Crippen molar-refractivity contribution in [3.05, 3.63) is 84.0 Å². The Morgan fingerprint density at radius 3 is 3.04 bits per heavy atom. The summed E-state index contributed by atoms with van der Waals surface area (Å²) in [6.45, 7) is 2.47. The number of hydrogen-bond donors (Lipinski definition) is 1. The molecule has 3 aromatic heterocycles. The van der Waals surface area contributed by atoms with E-state index in [-0.39, 0.29) is 18.2 Å². The van der Waals surface area contributed by atoms with Gasteiger partial charge >= 0.3 is 0 Å². The van der Waals surface area contributed by atoms with Gasteiger partial charge in [-0.25, -0.2) is 4.98 Å². The van der Waals surface area contributed by atoms with Crippen molar-refractivity contribution in [3.8, 4) is 5.75 Å². The summed E-state index contributed by atoms with van der Waals surface area (Å²) >= 11 is 0. The van der Waals surface area contributed by atoms with Crippen molar-refractivity contribution in [1.29, 1.82) is 0 Å². The minimum atomic E-state index is -0.303. The first kappa shape index (κ1) is 17.7. The van der Waals surface area contributed by atoms with Crippen LogP contribution in [0.5, 0.6) is 5.75 Å². The molecular formula is C21H18N4O3. The summed E-state index contributed by atoms with van der Waals surface area (Å²) in [5.41, 5.74) is 3.13. The summed E-state index contributed by atoms with van der Waals surface area (Å²) in [6, 6.07) is 11.3. The molecule has 0 bridgehead atoms. The quantitative estimate of drug-likeness (QED) is 0.556. The molecule has 0 saturated heterocycles. The molecule has 0 aliphatic heterocycles. The summed E-state index contributed by atoms with van der Waals surface area (Å²) in [5, 5.41) is 3.81. The van der Waals surface area contributed by atoms with E-state index in [9.17, 15) is 4.79 Å². The summed E-state index contributed by atoms with van der Waals surface area (Å²) in [5.74, 6) is 0.706. The van der Waals surface area contributed by atoms with Crippen LogP contribution in [0.3, 0.4) is 0 Å². The number of hydrogen-bond acceptors (Lipinski definition) is 6. The minimum absolute atomic E-state index is 0.127. The first-order valence-corrected chi connectivity index (χ1v) is 8.79. The van der Waals surface area contributed by atoms with Crippen LogP contribution >= 0.6 is 0 Å². The molecule has 1 N–H and O–H groups in total. The lowest BCUT2D eigenvalue weighted by Crippen LogP contribution is -2.23. The van der Waals surface area contributed by atoms with Gasteiger partial charge < -0.3 is 14.5 Å². The second kappa shape index (κ2) is 7.87. The maximum Gasteiger partial charge on any atom is 0.273 e. The molecule has 1 aromatic carbocycles. The van der Waals surface area contributed by atoms with E-state index >= 15 is 0 Å². The van der Waals surface area contributed by atoms with E-state index in [0.717, 1.165) is 22.0 Å². The van der Waals surface area contributed by atoms with Gasteiger partial charge in [-0.2, -0.15) is 0 Å². The molecule has 3 heterocycles. The van der Waals surface area contributed by atoms with E-state index in [4.69, 9.17) is 9.15 Å². The van der Waals surface area contributed by atoms with Gasteiger partial charge in [0, 0.05) is 30.5 Å². The van der Waals surface area contributed by atoms with Gasteiger partial charge in [0.2, 0.25) is 5.89 Å². The Kier molecular flexibility index (Phi) is 4.97. The number of carbonyl (C=O) groups excluding carboxylic acids is 1. The van der Waals surface area contributed by atoms with Gasteiger partial charge in [0.15, 0.2) is 12.3 Å². The van der Waals surface area contributed by atoms with Gasteiger partial charge in [0.25, 0.3) is 5.91 Å². The molecule has 0 spiro atoms. The molecule has 1 amide bonds. The number of pyridine rings is 2.